The van der Waals surface area contributed by atoms with E-state index in [2.05, 4.69) is 0 Å². The van der Waals surface area contributed by atoms with Gasteiger partial charge in [0.05, 0.1) is 20.8 Å². The third-order valence-corrected chi connectivity index (χ3v) is 4.19. The number of hydrogen-bond donors (Lipinski definition) is 1. The Hall–Kier alpha value is -2.24. The molecule has 106 valence electrons. The number of aromatic hydroxyl groups is 1. The van der Waals surface area contributed by atoms with E-state index >= 15 is 0 Å². The minimum atomic E-state index is -1.23. The fourth-order valence-corrected chi connectivity index (χ4v) is 3.16. The fraction of sp³-hybridized carbons (Fsp3) is 0.429. The monoisotopic (exact) mass is 278 g/mol. The molecule has 0 aromatic heterocycles. The molecule has 1 saturated heterocycles. The number of cyclic esters (lactones) is 1. The smallest absolute Gasteiger partial charge is 0.324 e. The molecule has 1 saturated carbocycles. The lowest BCUT2D eigenvalue weighted by molar-refractivity contribution is -0.158. The van der Waals surface area contributed by atoms with Crippen LogP contribution in [0.5, 0.6) is 11.5 Å². The van der Waals surface area contributed by atoms with Gasteiger partial charge in [-0.2, -0.15) is 0 Å². The molecular formula is C14H14O6. The summed E-state index contributed by atoms with van der Waals surface area (Å²) in [4.78, 5) is 23.9. The van der Waals surface area contributed by atoms with E-state index in [9.17, 15) is 14.7 Å². The van der Waals surface area contributed by atoms with Crippen molar-refractivity contribution in [1.29, 1.82) is 0 Å². The van der Waals surface area contributed by atoms with Crippen molar-refractivity contribution in [3.63, 3.8) is 0 Å². The van der Waals surface area contributed by atoms with E-state index in [-0.39, 0.29) is 24.2 Å². The van der Waals surface area contributed by atoms with Gasteiger partial charge in [-0.25, -0.2) is 0 Å². The summed E-state index contributed by atoms with van der Waals surface area (Å²) in [7, 11) is 2.70. The number of phenolic OH excluding ortho intramolecular Hbond substituents is 1. The average molecular weight is 278 g/mol. The fourth-order valence-electron chi connectivity index (χ4n) is 3.16. The zero-order valence-corrected chi connectivity index (χ0v) is 11.1. The molecule has 1 aromatic carbocycles. The number of hydrogen-bond acceptors (Lipinski definition) is 6. The Morgan fingerprint density at radius 1 is 1.45 bits per heavy atom. The second-order valence-corrected chi connectivity index (χ2v) is 4.97. The predicted octanol–water partition coefficient (Wildman–Crippen LogP) is 0.830. The molecule has 0 amide bonds. The van der Waals surface area contributed by atoms with Gasteiger partial charge in [0, 0.05) is 11.8 Å². The van der Waals surface area contributed by atoms with Gasteiger partial charge in [-0.1, -0.05) is 6.07 Å². The van der Waals surface area contributed by atoms with Crippen LogP contribution in [-0.4, -0.2) is 37.9 Å². The number of ether oxygens (including phenoxy) is 3. The van der Waals surface area contributed by atoms with Crippen LogP contribution < -0.4 is 4.74 Å². The molecular weight excluding hydrogens is 264 g/mol. The second-order valence-electron chi connectivity index (χ2n) is 4.97. The van der Waals surface area contributed by atoms with E-state index in [4.69, 9.17) is 14.2 Å². The van der Waals surface area contributed by atoms with Crippen LogP contribution in [0.4, 0.5) is 0 Å². The van der Waals surface area contributed by atoms with Crippen LogP contribution in [0.15, 0.2) is 18.2 Å². The first kappa shape index (κ1) is 12.8. The van der Waals surface area contributed by atoms with E-state index in [1.54, 1.807) is 12.1 Å². The number of methoxy groups -OCH3 is 2. The summed E-state index contributed by atoms with van der Waals surface area (Å²) >= 11 is 0. The molecule has 1 aromatic rings. The maximum absolute atomic E-state index is 12.0. The molecule has 0 bridgehead atoms. The molecule has 1 heterocycles. The Bertz CT molecular complexity index is 595. The largest absolute Gasteiger partial charge is 0.504 e. The van der Waals surface area contributed by atoms with Crippen molar-refractivity contribution in [1.82, 2.24) is 0 Å². The number of carbonyl (C=O) groups is 2. The van der Waals surface area contributed by atoms with Crippen LogP contribution in [0.1, 0.15) is 11.5 Å². The number of carbonyl (C=O) groups excluding carboxylic acids is 2. The van der Waals surface area contributed by atoms with Gasteiger partial charge < -0.3 is 19.3 Å². The molecule has 0 spiro atoms. The van der Waals surface area contributed by atoms with Crippen molar-refractivity contribution < 1.29 is 28.9 Å². The zero-order chi connectivity index (χ0) is 14.5. The van der Waals surface area contributed by atoms with Crippen LogP contribution in [0, 0.1) is 11.3 Å². The summed E-state index contributed by atoms with van der Waals surface area (Å²) in [6, 6.07) is 4.80. The van der Waals surface area contributed by atoms with Gasteiger partial charge in [0.25, 0.3) is 0 Å². The van der Waals surface area contributed by atoms with Crippen LogP contribution >= 0.6 is 0 Å². The molecule has 3 atom stereocenters. The van der Waals surface area contributed by atoms with Gasteiger partial charge in [0.15, 0.2) is 16.9 Å². The van der Waals surface area contributed by atoms with Crippen LogP contribution in [0.25, 0.3) is 0 Å². The first-order valence-electron chi connectivity index (χ1n) is 6.20. The first-order valence-corrected chi connectivity index (χ1v) is 6.20. The van der Waals surface area contributed by atoms with Crippen molar-refractivity contribution in [2.45, 2.75) is 5.92 Å². The van der Waals surface area contributed by atoms with E-state index in [0.717, 1.165) is 5.56 Å². The quantitative estimate of drug-likeness (QED) is 0.651. The number of rotatable bonds is 3. The normalized spacial score (nSPS) is 30.4. The molecule has 20 heavy (non-hydrogen) atoms. The Morgan fingerprint density at radius 2 is 2.20 bits per heavy atom. The lowest BCUT2D eigenvalue weighted by atomic mass is 9.99. The lowest BCUT2D eigenvalue weighted by Gasteiger charge is -2.12. The zero-order valence-electron chi connectivity index (χ0n) is 11.1. The van der Waals surface area contributed by atoms with Gasteiger partial charge in [-0.15, -0.1) is 0 Å². The van der Waals surface area contributed by atoms with E-state index in [0.29, 0.717) is 5.75 Å². The minimum absolute atomic E-state index is 0.0109. The van der Waals surface area contributed by atoms with E-state index in [1.165, 1.54) is 20.3 Å². The van der Waals surface area contributed by atoms with Crippen LogP contribution in [0.3, 0.4) is 0 Å². The first-order chi connectivity index (χ1) is 9.57. The van der Waals surface area contributed by atoms with E-state index in [1.807, 2.05) is 0 Å². The number of benzene rings is 1. The Kier molecular flexibility index (Phi) is 2.64. The van der Waals surface area contributed by atoms with Crippen LogP contribution in [0.2, 0.25) is 0 Å². The molecule has 0 radical (unpaired) electrons. The number of phenols is 1. The van der Waals surface area contributed by atoms with Crippen molar-refractivity contribution in [2.24, 2.45) is 11.3 Å². The average Bonchev–Trinajstić information content (AvgIpc) is 3.03. The number of fused-ring (bicyclic) bond motifs is 1. The minimum Gasteiger partial charge on any atom is -0.504 e. The van der Waals surface area contributed by atoms with Crippen molar-refractivity contribution in [3.8, 4) is 11.5 Å². The van der Waals surface area contributed by atoms with Gasteiger partial charge >= 0.3 is 11.9 Å². The van der Waals surface area contributed by atoms with Crippen molar-refractivity contribution >= 4 is 11.9 Å². The summed E-state index contributed by atoms with van der Waals surface area (Å²) < 4.78 is 14.8. The second kappa shape index (κ2) is 4.13. The summed E-state index contributed by atoms with van der Waals surface area (Å²) in [5, 5.41) is 9.60. The Balaban J connectivity index is 2.01. The molecule has 2 aliphatic rings. The molecule has 3 rings (SSSR count). The maximum atomic E-state index is 12.0. The van der Waals surface area contributed by atoms with E-state index < -0.39 is 17.4 Å². The molecule has 1 N–H and O–H groups in total. The highest BCUT2D eigenvalue weighted by Gasteiger charge is 2.80. The van der Waals surface area contributed by atoms with Gasteiger partial charge in [-0.05, 0) is 17.7 Å². The summed E-state index contributed by atoms with van der Waals surface area (Å²) in [5.74, 6) is -1.28. The molecule has 1 aliphatic carbocycles. The molecule has 1 aliphatic heterocycles. The molecule has 6 heteroatoms. The predicted molar refractivity (Wildman–Crippen MR) is 66.3 cm³/mol. The topological polar surface area (TPSA) is 82.1 Å². The Labute approximate surface area is 115 Å². The van der Waals surface area contributed by atoms with Gasteiger partial charge in [0.2, 0.25) is 0 Å². The summed E-state index contributed by atoms with van der Waals surface area (Å²) in [5.41, 5.74) is -0.469. The van der Waals surface area contributed by atoms with Gasteiger partial charge in [-0.3, -0.25) is 9.59 Å². The summed E-state index contributed by atoms with van der Waals surface area (Å²) in [6.45, 7) is 0.210. The maximum Gasteiger partial charge on any atom is 0.324 e. The lowest BCUT2D eigenvalue weighted by Crippen LogP contribution is -2.28. The molecule has 6 nitrogen and oxygen atoms in total. The highest BCUT2D eigenvalue weighted by molar-refractivity contribution is 6.07. The highest BCUT2D eigenvalue weighted by atomic mass is 16.6. The van der Waals surface area contributed by atoms with Crippen molar-refractivity contribution in [2.75, 3.05) is 20.8 Å². The summed E-state index contributed by atoms with van der Waals surface area (Å²) in [6.07, 6.45) is 0. The Morgan fingerprint density at radius 3 is 2.85 bits per heavy atom. The van der Waals surface area contributed by atoms with Crippen molar-refractivity contribution in [3.05, 3.63) is 23.8 Å². The SMILES string of the molecule is COC(=O)[C@@]12C(=O)OC[C@@H]1[C@H]2c1ccc(O)c(OC)c1. The molecule has 2 fully saturated rings. The standard InChI is InChI=1S/C14H14O6/c1-18-10-5-7(3-4-9(10)15)11-8-6-20-13(17)14(8,11)12(16)19-2/h3-5,8,11,15H,6H2,1-2H3/t8-,11-,14-/m1/s1. The number of esters is 2. The third kappa shape index (κ3) is 1.39. The third-order valence-electron chi connectivity index (χ3n) is 4.19. The highest BCUT2D eigenvalue weighted by Crippen LogP contribution is 2.69. The molecule has 0 unspecified atom stereocenters. The van der Waals surface area contributed by atoms with Gasteiger partial charge in [0.1, 0.15) is 0 Å². The van der Waals surface area contributed by atoms with Crippen LogP contribution in [-0.2, 0) is 19.1 Å².